The Morgan fingerprint density at radius 2 is 1.88 bits per heavy atom. The number of anilines is 4. The molecule has 2 fully saturated rings. The zero-order valence-electron chi connectivity index (χ0n) is 24.0. The van der Waals surface area contributed by atoms with Gasteiger partial charge in [0, 0.05) is 36.4 Å². The van der Waals surface area contributed by atoms with Crippen molar-refractivity contribution in [1.29, 1.82) is 0 Å². The molecule has 0 amide bonds. The lowest BCUT2D eigenvalue weighted by atomic mass is 9.60. The van der Waals surface area contributed by atoms with Crippen LogP contribution in [0, 0.1) is 17.7 Å². The van der Waals surface area contributed by atoms with Crippen molar-refractivity contribution < 1.29 is 9.18 Å². The summed E-state index contributed by atoms with van der Waals surface area (Å²) in [4.78, 5) is 22.1. The van der Waals surface area contributed by atoms with Crippen LogP contribution in [0.15, 0.2) is 48.5 Å². The van der Waals surface area contributed by atoms with Gasteiger partial charge in [0.25, 0.3) is 0 Å². The number of aromatic nitrogens is 1. The molecule has 8 heteroatoms. The number of benzene rings is 2. The molecule has 214 valence electrons. The topological polar surface area (TPSA) is 83.3 Å². The van der Waals surface area contributed by atoms with E-state index in [9.17, 15) is 9.18 Å². The van der Waals surface area contributed by atoms with Crippen LogP contribution in [0.5, 0.6) is 0 Å². The summed E-state index contributed by atoms with van der Waals surface area (Å²) in [7, 11) is 0. The molecule has 1 aliphatic heterocycles. The van der Waals surface area contributed by atoms with Crippen molar-refractivity contribution >= 4 is 39.4 Å². The van der Waals surface area contributed by atoms with Gasteiger partial charge < -0.3 is 21.3 Å². The number of nitrogens with one attached hydrogen (secondary N) is 2. The van der Waals surface area contributed by atoms with Gasteiger partial charge in [-0.05, 0) is 92.9 Å². The number of rotatable bonds is 8. The van der Waals surface area contributed by atoms with Gasteiger partial charge in [0.1, 0.15) is 11.6 Å². The Bertz CT molecular complexity index is 1320. The maximum Gasteiger partial charge on any atom is 0.189 e. The molecule has 0 radical (unpaired) electrons. The molecule has 1 aromatic heterocycles. The fourth-order valence-electron chi connectivity index (χ4n) is 6.62. The highest BCUT2D eigenvalue weighted by molar-refractivity contribution is 7.16. The Kier molecular flexibility index (Phi) is 8.47. The van der Waals surface area contributed by atoms with Gasteiger partial charge in [-0.15, -0.1) is 0 Å². The number of carbonyl (C=O) groups is 1. The molecule has 0 bridgehead atoms. The Morgan fingerprint density at radius 1 is 1.15 bits per heavy atom. The number of hydrogen-bond donors (Lipinski definition) is 3. The second kappa shape index (κ2) is 11.9. The van der Waals surface area contributed by atoms with Crippen molar-refractivity contribution in [1.82, 2.24) is 10.3 Å². The number of nitrogens with two attached hydrogens (primary N) is 1. The first-order valence-electron chi connectivity index (χ1n) is 14.6. The summed E-state index contributed by atoms with van der Waals surface area (Å²) in [6, 6.07) is 15.6. The lowest BCUT2D eigenvalue weighted by Gasteiger charge is -2.42. The highest BCUT2D eigenvalue weighted by Crippen LogP contribution is 2.51. The van der Waals surface area contributed by atoms with Crippen LogP contribution in [0.4, 0.5) is 26.7 Å². The molecule has 2 aliphatic rings. The number of nitrogen functional groups attached to an aromatic ring is 1. The molecular formula is C32H42FN5OS. The van der Waals surface area contributed by atoms with Gasteiger partial charge in [-0.25, -0.2) is 9.37 Å². The first-order chi connectivity index (χ1) is 19.2. The van der Waals surface area contributed by atoms with E-state index in [0.29, 0.717) is 29.3 Å². The van der Waals surface area contributed by atoms with Crippen LogP contribution >= 0.6 is 11.3 Å². The van der Waals surface area contributed by atoms with Crippen molar-refractivity contribution in [3.05, 3.63) is 64.8 Å². The molecule has 3 unspecified atom stereocenters. The van der Waals surface area contributed by atoms with Gasteiger partial charge in [-0.2, -0.15) is 0 Å². The van der Waals surface area contributed by atoms with Crippen LogP contribution in [0.25, 0.3) is 0 Å². The van der Waals surface area contributed by atoms with E-state index in [-0.39, 0.29) is 23.4 Å². The van der Waals surface area contributed by atoms with E-state index in [0.717, 1.165) is 55.0 Å². The second-order valence-electron chi connectivity index (χ2n) is 11.9. The van der Waals surface area contributed by atoms with Gasteiger partial charge in [-0.1, -0.05) is 44.2 Å². The Hall–Kier alpha value is -2.97. The summed E-state index contributed by atoms with van der Waals surface area (Å²) < 4.78 is 14.2. The predicted octanol–water partition coefficient (Wildman–Crippen LogP) is 6.86. The molecule has 1 aliphatic carbocycles. The number of Topliss-reactive ketones (excluding diaryl/α,β-unsaturated/α-hetero) is 1. The third-order valence-electron chi connectivity index (χ3n) is 8.92. The molecule has 5 rings (SSSR count). The molecule has 1 saturated heterocycles. The minimum atomic E-state index is -0.771. The van der Waals surface area contributed by atoms with Gasteiger partial charge in [0.05, 0.1) is 10.3 Å². The standard InChI is InChI=1S/C32H42FN5OS/c1-5-35-23-14-17-38(18-15-23)25-11-9-24(10-12-25)36-31-37-30(34)29(40-31)32(4)16-13-26(20(2)3)27(28(32)39)21-7-6-8-22(33)19-21/h6-12,19-20,23,26-27,35H,5,13-18,34H2,1-4H3,(H,36,37). The third-order valence-corrected chi connectivity index (χ3v) is 10.2. The number of carbonyl (C=O) groups excluding carboxylic acids is 1. The Balaban J connectivity index is 1.33. The van der Waals surface area contributed by atoms with Gasteiger partial charge in [-0.3, -0.25) is 4.79 Å². The quantitative estimate of drug-likeness (QED) is 0.278. The SMILES string of the molecule is CCNC1CCN(c2ccc(Nc3nc(N)c(C4(C)CCC(C(C)C)C(c5cccc(F)c5)C4=O)s3)cc2)CC1. The lowest BCUT2D eigenvalue weighted by molar-refractivity contribution is -0.130. The normalized spacial score (nSPS) is 24.1. The molecule has 40 heavy (non-hydrogen) atoms. The number of ketones is 1. The second-order valence-corrected chi connectivity index (χ2v) is 12.9. The van der Waals surface area contributed by atoms with Crippen LogP contribution < -0.4 is 21.3 Å². The summed E-state index contributed by atoms with van der Waals surface area (Å²) in [5.74, 6) is 0.272. The Labute approximate surface area is 241 Å². The fraction of sp³-hybridized carbons (Fsp3) is 0.500. The van der Waals surface area contributed by atoms with Crippen LogP contribution in [0.3, 0.4) is 0 Å². The first kappa shape index (κ1) is 28.6. The van der Waals surface area contributed by atoms with E-state index >= 15 is 0 Å². The van der Waals surface area contributed by atoms with E-state index < -0.39 is 5.41 Å². The number of hydrogen-bond acceptors (Lipinski definition) is 7. The number of thiazole rings is 1. The molecule has 3 aromatic rings. The van der Waals surface area contributed by atoms with E-state index in [2.05, 4.69) is 65.6 Å². The first-order valence-corrected chi connectivity index (χ1v) is 15.4. The molecule has 2 aromatic carbocycles. The molecule has 0 spiro atoms. The zero-order chi connectivity index (χ0) is 28.4. The number of piperidine rings is 1. The van der Waals surface area contributed by atoms with Crippen molar-refractivity contribution in [3.8, 4) is 0 Å². The molecule has 1 saturated carbocycles. The van der Waals surface area contributed by atoms with E-state index in [1.165, 1.54) is 29.2 Å². The zero-order valence-corrected chi connectivity index (χ0v) is 24.9. The van der Waals surface area contributed by atoms with Gasteiger partial charge >= 0.3 is 0 Å². The average Bonchev–Trinajstić information content (AvgIpc) is 3.31. The average molecular weight is 564 g/mol. The highest BCUT2D eigenvalue weighted by Gasteiger charge is 2.49. The summed E-state index contributed by atoms with van der Waals surface area (Å²) >= 11 is 1.45. The molecule has 6 nitrogen and oxygen atoms in total. The Morgan fingerprint density at radius 3 is 2.52 bits per heavy atom. The largest absolute Gasteiger partial charge is 0.383 e. The van der Waals surface area contributed by atoms with E-state index in [1.807, 2.05) is 13.0 Å². The highest BCUT2D eigenvalue weighted by atomic mass is 32.1. The summed E-state index contributed by atoms with van der Waals surface area (Å²) in [5.41, 5.74) is 8.61. The van der Waals surface area contributed by atoms with Crippen LogP contribution in [-0.2, 0) is 10.2 Å². The summed E-state index contributed by atoms with van der Waals surface area (Å²) in [5, 5.41) is 7.64. The van der Waals surface area contributed by atoms with Crippen molar-refractivity contribution in [2.24, 2.45) is 11.8 Å². The van der Waals surface area contributed by atoms with Crippen LogP contribution in [0.1, 0.15) is 69.7 Å². The molecule has 3 atom stereocenters. The van der Waals surface area contributed by atoms with Gasteiger partial charge in [0.2, 0.25) is 0 Å². The maximum absolute atomic E-state index is 14.2. The van der Waals surface area contributed by atoms with Crippen LogP contribution in [-0.4, -0.2) is 36.4 Å². The van der Waals surface area contributed by atoms with E-state index in [1.54, 1.807) is 6.07 Å². The lowest BCUT2D eigenvalue weighted by Crippen LogP contribution is -2.45. The number of halogens is 1. The van der Waals surface area contributed by atoms with Gasteiger partial charge in [0.15, 0.2) is 10.9 Å². The maximum atomic E-state index is 14.2. The molecule has 2 heterocycles. The fourth-order valence-corrected chi connectivity index (χ4v) is 7.70. The smallest absolute Gasteiger partial charge is 0.189 e. The van der Waals surface area contributed by atoms with Crippen molar-refractivity contribution in [2.75, 3.05) is 35.6 Å². The summed E-state index contributed by atoms with van der Waals surface area (Å²) in [6.45, 7) is 11.6. The molecule has 4 N–H and O–H groups in total. The van der Waals surface area contributed by atoms with Crippen molar-refractivity contribution in [3.63, 3.8) is 0 Å². The molecular weight excluding hydrogens is 521 g/mol. The minimum absolute atomic E-state index is 0.104. The van der Waals surface area contributed by atoms with Crippen LogP contribution in [0.2, 0.25) is 0 Å². The summed E-state index contributed by atoms with van der Waals surface area (Å²) in [6.07, 6.45) is 3.88. The van der Waals surface area contributed by atoms with Crippen molar-refractivity contribution in [2.45, 2.75) is 70.8 Å². The monoisotopic (exact) mass is 563 g/mol. The third kappa shape index (κ3) is 5.75. The minimum Gasteiger partial charge on any atom is -0.383 e. The number of nitrogens with zero attached hydrogens (tertiary/aromatic N) is 2. The van der Waals surface area contributed by atoms with E-state index in [4.69, 9.17) is 5.73 Å². The predicted molar refractivity (Wildman–Crippen MR) is 164 cm³/mol.